The summed E-state index contributed by atoms with van der Waals surface area (Å²) in [5.74, 6) is -19.8. The third-order valence-electron chi connectivity index (χ3n) is 24.8. The zero-order chi connectivity index (χ0) is 98.4. The Labute approximate surface area is 786 Å². The van der Waals surface area contributed by atoms with Gasteiger partial charge < -0.3 is 110 Å². The third-order valence-corrected chi connectivity index (χ3v) is 25.9. The van der Waals surface area contributed by atoms with Gasteiger partial charge in [0.05, 0.1) is 37.7 Å². The van der Waals surface area contributed by atoms with E-state index in [9.17, 15) is 52.6 Å². The van der Waals surface area contributed by atoms with E-state index in [1.165, 1.54) is 67.4 Å². The lowest BCUT2D eigenvalue weighted by molar-refractivity contribution is -0.150. The number of para-hydroxylation sites is 2. The number of guanidine groups is 1. The number of hydrogen-bond acceptors (Lipinski definition) is 21. The van der Waals surface area contributed by atoms with Crippen molar-refractivity contribution in [3.05, 3.63) is 126 Å². The molecule has 0 spiro atoms. The summed E-state index contributed by atoms with van der Waals surface area (Å²) in [5.41, 5.74) is 19.9. The molecule has 15 amide bonds. The predicted octanol–water partition coefficient (Wildman–Crippen LogP) is 0.715. The van der Waals surface area contributed by atoms with Crippen molar-refractivity contribution in [2.75, 3.05) is 65.4 Å². The number of halogens is 1. The normalized spacial score (nSPS) is 24.3. The Kier molecular flexibility index (Phi) is 39.7. The second kappa shape index (κ2) is 50.8. The van der Waals surface area contributed by atoms with Gasteiger partial charge in [-0.2, -0.15) is 0 Å². The fourth-order valence-corrected chi connectivity index (χ4v) is 18.2. The van der Waals surface area contributed by atoms with Crippen molar-refractivity contribution < 1.29 is 91.0 Å². The van der Waals surface area contributed by atoms with E-state index in [4.69, 9.17) is 22.6 Å². The van der Waals surface area contributed by atoms with E-state index in [0.29, 0.717) is 70.7 Å². The minimum absolute atomic E-state index is 0.00123. The van der Waals surface area contributed by atoms with E-state index in [1.54, 1.807) is 36.7 Å². The number of Topliss-reactive ketones (excluding diaryl/α,β-unsaturated/α-hetero) is 2. The first-order valence-corrected chi connectivity index (χ1v) is 47.1. The van der Waals surface area contributed by atoms with Gasteiger partial charge >= 0.3 is 0 Å². The molecule has 3 saturated heterocycles. The Bertz CT molecular complexity index is 5220. The number of ketones is 2. The van der Waals surface area contributed by atoms with Gasteiger partial charge in [-0.25, -0.2) is 9.37 Å². The zero-order valence-electron chi connectivity index (χ0n) is 77.6. The van der Waals surface area contributed by atoms with Crippen molar-refractivity contribution in [3.8, 4) is 0 Å². The Morgan fingerprint density at radius 2 is 1.14 bits per heavy atom. The molecule has 135 heavy (non-hydrogen) atoms. The minimum atomic E-state index is -1.78. The van der Waals surface area contributed by atoms with E-state index < -0.39 is 240 Å². The number of hydrogen-bond donors (Lipinski definition) is 17. The number of imidazole rings is 1. The van der Waals surface area contributed by atoms with Gasteiger partial charge in [0.15, 0.2) is 17.5 Å². The lowest BCUT2D eigenvalue weighted by Gasteiger charge is -2.36. The van der Waals surface area contributed by atoms with Gasteiger partial charge in [-0.1, -0.05) is 102 Å². The first-order valence-electron chi connectivity index (χ1n) is 45.9. The molecule has 0 bridgehead atoms. The highest BCUT2D eigenvalue weighted by molar-refractivity contribution is 8.00. The van der Waals surface area contributed by atoms with Crippen LogP contribution in [0.25, 0.3) is 21.8 Å². The number of rotatable bonds is 26. The monoisotopic (exact) mass is 1890 g/mol. The summed E-state index contributed by atoms with van der Waals surface area (Å²) in [6.07, 6.45) is 5.50. The quantitative estimate of drug-likeness (QED) is 0.0202. The Morgan fingerprint density at radius 1 is 0.563 bits per heavy atom. The largest absolute Gasteiger partial charge is 0.394 e. The van der Waals surface area contributed by atoms with Gasteiger partial charge in [-0.15, -0.1) is 11.8 Å². The summed E-state index contributed by atoms with van der Waals surface area (Å²) in [5, 5.41) is 44.4. The molecule has 0 unspecified atom stereocenters. The number of unbranched alkanes of at least 4 members (excludes halogenated alkanes) is 2. The molecule has 14 atom stereocenters. The molecule has 0 aliphatic carbocycles. The molecule has 40 nitrogen and oxygen atoms in total. The molecule has 3 fully saturated rings. The van der Waals surface area contributed by atoms with Crippen LogP contribution in [0.3, 0.4) is 0 Å². The van der Waals surface area contributed by atoms with Crippen LogP contribution < -0.4 is 65.1 Å². The van der Waals surface area contributed by atoms with E-state index in [2.05, 4.69) is 67.8 Å². The second-order valence-corrected chi connectivity index (χ2v) is 36.4. The van der Waals surface area contributed by atoms with Crippen LogP contribution in [0.15, 0.2) is 97.7 Å². The summed E-state index contributed by atoms with van der Waals surface area (Å²) in [4.78, 5) is 270. The number of aromatic nitrogens is 4. The molecule has 3 aliphatic rings. The zero-order valence-corrected chi connectivity index (χ0v) is 78.4. The number of aromatic amines is 3. The van der Waals surface area contributed by atoms with Gasteiger partial charge in [0.1, 0.15) is 72.3 Å². The number of fused-ring (bicyclic) bond motifs is 4. The van der Waals surface area contributed by atoms with Gasteiger partial charge in [-0.05, 0) is 124 Å². The Hall–Kier alpha value is -13.2. The second-order valence-electron chi connectivity index (χ2n) is 35.3. The Balaban J connectivity index is 1.10. The van der Waals surface area contributed by atoms with Crippen molar-refractivity contribution in [2.45, 2.75) is 236 Å². The summed E-state index contributed by atoms with van der Waals surface area (Å²) in [6.45, 7) is 6.79. The lowest BCUT2D eigenvalue weighted by Crippen LogP contribution is -2.60. The molecule has 3 aromatic carbocycles. The fraction of sp³-hybridized carbons (Fsp3) is 0.538. The molecule has 20 N–H and O–H groups in total. The molecule has 42 heteroatoms. The molecule has 0 saturated carbocycles. The third kappa shape index (κ3) is 29.7. The maximum absolute atomic E-state index is 15.8. The van der Waals surface area contributed by atoms with Gasteiger partial charge in [0.25, 0.3) is 0 Å². The van der Waals surface area contributed by atoms with E-state index in [-0.39, 0.29) is 108 Å². The maximum Gasteiger partial charge on any atom is 0.246 e. The highest BCUT2D eigenvalue weighted by atomic mass is 32.2. The smallest absolute Gasteiger partial charge is 0.246 e. The topological polar surface area (TPSA) is 597 Å². The number of H-pyrrole nitrogens is 3. The van der Waals surface area contributed by atoms with Crippen LogP contribution >= 0.6 is 11.8 Å². The number of carbonyl (C=O) groups is 17. The number of aliphatic hydroxyl groups excluding tert-OH is 1. The van der Waals surface area contributed by atoms with Crippen molar-refractivity contribution in [1.29, 1.82) is 5.41 Å². The van der Waals surface area contributed by atoms with E-state index >= 15 is 38.4 Å². The number of thioether (sulfide) groups is 1. The van der Waals surface area contributed by atoms with Crippen molar-refractivity contribution >= 4 is 140 Å². The number of likely N-dealkylation sites (N-methyl/N-ethyl adjacent to an activating group) is 3. The Morgan fingerprint density at radius 3 is 1.75 bits per heavy atom. The first kappa shape index (κ1) is 106. The lowest BCUT2D eigenvalue weighted by atomic mass is 9.88. The minimum Gasteiger partial charge on any atom is -0.394 e. The SMILES string of the molecule is CCCC[C@H]1C(=O)N(C)[C@@H](CCCC)C(=O)N[C@@H](CCCNC(=N)N)C(=O)N[C@H](C(=O)NCC(N)=O)CSCC(=O)N[C@@H](Cc2cccc(F)c2)C(=O)N(C)[C@@H](C)C(=O)N[C@@H](CC(N)=O)C(=O)N2CCC[C@H]2C(=O)N[C@@H](Cc2cnc[nH]2)C(=O)N[C@@H](CC(C)C)C(=O)N2CCC[C@H]2C(=O)C[C@@H](Cc2c[nH]c3ccccc23)C(=O)N[C@@H](CO)C(=O)C[C@@H](Cc2c[nH]c3ccccc23)C(=O)N1C. The summed E-state index contributed by atoms with van der Waals surface area (Å²) < 4.78 is 14.9. The number of aliphatic hydroxyl groups is 1. The molecule has 9 rings (SSSR count). The fourth-order valence-electron chi connectivity index (χ4n) is 17.4. The average Bonchev–Trinajstić information content (AvgIpc) is 1.77. The van der Waals surface area contributed by atoms with Crippen molar-refractivity contribution in [3.63, 3.8) is 0 Å². The maximum atomic E-state index is 15.8. The number of nitrogens with one attached hydrogen (secondary N) is 13. The van der Waals surface area contributed by atoms with E-state index in [0.717, 1.165) is 33.7 Å². The first-order chi connectivity index (χ1) is 64.4. The van der Waals surface area contributed by atoms with Crippen LogP contribution in [-0.2, 0) is 107 Å². The molecule has 3 aliphatic heterocycles. The van der Waals surface area contributed by atoms with E-state index in [1.807, 2.05) is 52.0 Å². The molecule has 732 valence electrons. The number of nitrogens with two attached hydrogens (primary N) is 3. The molecular weight excluding hydrogens is 1760 g/mol. The predicted molar refractivity (Wildman–Crippen MR) is 499 cm³/mol. The van der Waals surface area contributed by atoms with Crippen molar-refractivity contribution in [1.82, 2.24) is 92.3 Å². The average molecular weight is 1890 g/mol. The van der Waals surface area contributed by atoms with Gasteiger partial charge in [-0.3, -0.25) is 86.9 Å². The molecule has 6 heterocycles. The van der Waals surface area contributed by atoms with Crippen LogP contribution in [0.4, 0.5) is 4.39 Å². The van der Waals surface area contributed by atoms with Crippen LogP contribution in [0.1, 0.15) is 160 Å². The standard InChI is InChI=1S/C93H129FN22O18S/c1-9-11-28-73-86(128)106-65(27-18-32-100-93(97)98)84(126)111-71(83(125)103-47-79(96)121)49-135-50-80(122)105-68(37-54-21-17-22-59(94)36-54)89(131)112(6)53(5)81(123)108-69(43-78(95)120)91(133)116-34-20-31-74(116)87(129)107-66(42-60-46-99-51-104-60)85(127)109-67(35-52(3)4)90(132)115-33-19-30-72(115)77(119)40-55(38-57-44-101-63-25-15-13-23-61(57)63)82(124)110-70(48-117)76(118)41-56(39-58-45-102-64-26-16-14-24-62(58)64)88(130)114(8)75(29-12-10-2)92(134)113(73)7/h13-17,21-26,36,44-46,51-53,55-56,65-75,101-102,117H,9-12,18-20,27-35,37-43,47-50H2,1-8H3,(H2,95,120)(H2,96,121)(H,99,104)(H,103,125)(H,105,122)(H,106,128)(H,107,129)(H,108,123)(H,109,127)(H,110,124)(H,111,126)(H4,97,98,100)/t53-,55+,56+,65-,66-,67-,68-,69-,70-,71-,72-,73-,74-,75-/m0/s1. The number of primary amides is 2. The summed E-state index contributed by atoms with van der Waals surface area (Å²) >= 11 is 0.746. The van der Waals surface area contributed by atoms with Crippen LogP contribution in [-0.4, -0.2) is 294 Å². The number of nitrogens with zero attached hydrogens (tertiary/aromatic N) is 6. The van der Waals surface area contributed by atoms with Crippen LogP contribution in [0.5, 0.6) is 0 Å². The molecule has 0 radical (unpaired) electrons. The highest BCUT2D eigenvalue weighted by Gasteiger charge is 2.46. The molecule has 6 aromatic rings. The summed E-state index contributed by atoms with van der Waals surface area (Å²) in [7, 11) is 3.97. The van der Waals surface area contributed by atoms with Crippen LogP contribution in [0.2, 0.25) is 0 Å². The molecule has 3 aromatic heterocycles. The van der Waals surface area contributed by atoms with Crippen molar-refractivity contribution in [2.24, 2.45) is 35.0 Å². The van der Waals surface area contributed by atoms with Gasteiger partial charge in [0.2, 0.25) is 88.6 Å². The van der Waals surface area contributed by atoms with Gasteiger partial charge in [0, 0.05) is 130 Å². The highest BCUT2D eigenvalue weighted by Crippen LogP contribution is 2.31. The number of benzene rings is 3. The van der Waals surface area contributed by atoms with Crippen LogP contribution in [0, 0.1) is 29.0 Å². The number of carbonyl (C=O) groups excluding carboxylic acids is 17. The molecular formula is C93H129FN22O18S. The number of amides is 15. The summed E-state index contributed by atoms with van der Waals surface area (Å²) in [6, 6.07) is 1.68.